The van der Waals surface area contributed by atoms with Crippen molar-refractivity contribution in [2.24, 2.45) is 5.41 Å². The summed E-state index contributed by atoms with van der Waals surface area (Å²) in [6.07, 6.45) is 4.71. The van der Waals surface area contributed by atoms with Crippen molar-refractivity contribution in [3.8, 4) is 0 Å². The zero-order valence-corrected chi connectivity index (χ0v) is 17.7. The minimum absolute atomic E-state index is 0.0718. The van der Waals surface area contributed by atoms with Gasteiger partial charge in [0.05, 0.1) is 11.7 Å². The minimum atomic E-state index is -0.442. The van der Waals surface area contributed by atoms with Crippen LogP contribution in [-0.4, -0.2) is 28.8 Å². The molecular weight excluding hydrogens is 368 g/mol. The van der Waals surface area contributed by atoms with Gasteiger partial charge in [0.1, 0.15) is 0 Å². The maximum atomic E-state index is 13.5. The van der Waals surface area contributed by atoms with Gasteiger partial charge < -0.3 is 0 Å². The zero-order valence-electron chi connectivity index (χ0n) is 17.7. The van der Waals surface area contributed by atoms with Crippen LogP contribution < -0.4 is 0 Å². The van der Waals surface area contributed by atoms with E-state index >= 15 is 0 Å². The average molecular weight is 397 g/mol. The number of benzene rings is 2. The van der Waals surface area contributed by atoms with E-state index in [2.05, 4.69) is 60.1 Å². The van der Waals surface area contributed by atoms with Gasteiger partial charge in [-0.1, -0.05) is 80.6 Å². The molecule has 0 N–H and O–H groups in total. The maximum Gasteiger partial charge on any atom is 0.167 e. The Labute approximate surface area is 179 Å². The van der Waals surface area contributed by atoms with Gasteiger partial charge in [0.15, 0.2) is 5.78 Å². The minimum Gasteiger partial charge on any atom is -0.294 e. The average Bonchev–Trinajstić information content (AvgIpc) is 2.77. The molecule has 1 saturated heterocycles. The number of piperidine rings is 1. The molecule has 0 aliphatic carbocycles. The van der Waals surface area contributed by atoms with Crippen LogP contribution in [0.5, 0.6) is 0 Å². The summed E-state index contributed by atoms with van der Waals surface area (Å²) in [5.74, 6) is 0.206. The quantitative estimate of drug-likeness (QED) is 0.544. The van der Waals surface area contributed by atoms with Crippen molar-refractivity contribution >= 4 is 11.9 Å². The van der Waals surface area contributed by atoms with Gasteiger partial charge in [0, 0.05) is 30.3 Å². The second-order valence-corrected chi connectivity index (χ2v) is 8.59. The Balaban J connectivity index is 1.75. The van der Waals surface area contributed by atoms with Crippen molar-refractivity contribution in [2.75, 3.05) is 13.1 Å². The Bertz CT molecular complexity index is 1010. The summed E-state index contributed by atoms with van der Waals surface area (Å²) in [7, 11) is 0. The van der Waals surface area contributed by atoms with Crippen molar-refractivity contribution in [3.05, 3.63) is 107 Å². The van der Waals surface area contributed by atoms with Crippen LogP contribution in [0, 0.1) is 5.41 Å². The van der Waals surface area contributed by atoms with Crippen LogP contribution in [0.3, 0.4) is 0 Å². The number of nitrogens with zero attached hydrogens (tertiary/aromatic N) is 2. The highest BCUT2D eigenvalue weighted by Gasteiger charge is 2.43. The Morgan fingerprint density at radius 1 is 0.967 bits per heavy atom. The molecule has 3 heteroatoms. The van der Waals surface area contributed by atoms with E-state index in [4.69, 9.17) is 0 Å². The predicted octanol–water partition coefficient (Wildman–Crippen LogP) is 5.36. The number of hydrogen-bond donors (Lipinski definition) is 0. The monoisotopic (exact) mass is 396 g/mol. The fourth-order valence-corrected chi connectivity index (χ4v) is 4.30. The molecule has 1 aliphatic heterocycles. The van der Waals surface area contributed by atoms with Gasteiger partial charge in [-0.15, -0.1) is 0 Å². The lowest BCUT2D eigenvalue weighted by Crippen LogP contribution is -2.49. The lowest BCUT2D eigenvalue weighted by atomic mass is 9.74. The molecule has 0 amide bonds. The second-order valence-electron chi connectivity index (χ2n) is 8.59. The SMILES string of the molecule is CC1(C)CN(CCc2ccccc2)C(c2ccccc2)/C(=C\c2ccccn2)C1=O. The fourth-order valence-electron chi connectivity index (χ4n) is 4.30. The first-order valence-electron chi connectivity index (χ1n) is 10.5. The standard InChI is InChI=1S/C27H28N2O/c1-27(2)20-29(18-16-21-11-5-3-6-12-21)25(22-13-7-4-8-14-22)24(26(27)30)19-23-15-9-10-17-28-23/h3-15,17,19,25H,16,18,20H2,1-2H3/b24-19+. The molecule has 0 spiro atoms. The predicted molar refractivity (Wildman–Crippen MR) is 122 cm³/mol. The number of hydrogen-bond acceptors (Lipinski definition) is 3. The summed E-state index contributed by atoms with van der Waals surface area (Å²) in [4.78, 5) is 20.4. The Kier molecular flexibility index (Phi) is 5.91. The summed E-state index contributed by atoms with van der Waals surface area (Å²) < 4.78 is 0. The summed E-state index contributed by atoms with van der Waals surface area (Å²) in [6.45, 7) is 5.73. The molecule has 152 valence electrons. The highest BCUT2D eigenvalue weighted by Crippen LogP contribution is 2.41. The topological polar surface area (TPSA) is 33.2 Å². The molecule has 2 heterocycles. The molecule has 0 saturated carbocycles. The largest absolute Gasteiger partial charge is 0.294 e. The lowest BCUT2D eigenvalue weighted by Gasteiger charge is -2.44. The molecule has 1 atom stereocenters. The first kappa shape index (κ1) is 20.2. The summed E-state index contributed by atoms with van der Waals surface area (Å²) in [6, 6.07) is 26.7. The van der Waals surface area contributed by atoms with E-state index in [9.17, 15) is 4.79 Å². The van der Waals surface area contributed by atoms with E-state index in [1.807, 2.05) is 48.5 Å². The first-order chi connectivity index (χ1) is 14.5. The van der Waals surface area contributed by atoms with Crippen LogP contribution in [0.2, 0.25) is 0 Å². The van der Waals surface area contributed by atoms with E-state index in [1.165, 1.54) is 5.56 Å². The van der Waals surface area contributed by atoms with E-state index in [0.717, 1.165) is 36.3 Å². The first-order valence-corrected chi connectivity index (χ1v) is 10.5. The number of carbonyl (C=O) groups excluding carboxylic acids is 1. The third-order valence-corrected chi connectivity index (χ3v) is 5.77. The number of Topliss-reactive ketones (excluding diaryl/α,β-unsaturated/α-hetero) is 1. The molecule has 4 rings (SSSR count). The third-order valence-electron chi connectivity index (χ3n) is 5.77. The molecular formula is C27H28N2O. The van der Waals surface area contributed by atoms with Crippen molar-refractivity contribution in [2.45, 2.75) is 26.3 Å². The summed E-state index contributed by atoms with van der Waals surface area (Å²) in [5.41, 5.74) is 3.67. The lowest BCUT2D eigenvalue weighted by molar-refractivity contribution is -0.128. The number of ketones is 1. The number of pyridine rings is 1. The van der Waals surface area contributed by atoms with Gasteiger partial charge in [-0.05, 0) is 35.8 Å². The van der Waals surface area contributed by atoms with Crippen LogP contribution in [-0.2, 0) is 11.2 Å². The van der Waals surface area contributed by atoms with Crippen LogP contribution in [0.25, 0.3) is 6.08 Å². The molecule has 1 aliphatic rings. The molecule has 1 aromatic heterocycles. The number of likely N-dealkylation sites (tertiary alicyclic amines) is 1. The normalized spacial score (nSPS) is 20.4. The fraction of sp³-hybridized carbons (Fsp3) is 0.259. The summed E-state index contributed by atoms with van der Waals surface area (Å²) >= 11 is 0. The Morgan fingerprint density at radius 2 is 1.63 bits per heavy atom. The smallest absolute Gasteiger partial charge is 0.167 e. The molecule has 0 bridgehead atoms. The van der Waals surface area contributed by atoms with Crippen LogP contribution in [0.1, 0.15) is 36.7 Å². The Hall–Kier alpha value is -3.04. The van der Waals surface area contributed by atoms with Gasteiger partial charge in [0.2, 0.25) is 0 Å². The molecule has 30 heavy (non-hydrogen) atoms. The molecule has 2 aromatic carbocycles. The highest BCUT2D eigenvalue weighted by atomic mass is 16.1. The van der Waals surface area contributed by atoms with Gasteiger partial charge in [-0.25, -0.2) is 0 Å². The number of rotatable bonds is 5. The maximum absolute atomic E-state index is 13.5. The van der Waals surface area contributed by atoms with E-state index in [0.29, 0.717) is 0 Å². The molecule has 3 nitrogen and oxygen atoms in total. The van der Waals surface area contributed by atoms with Crippen LogP contribution >= 0.6 is 0 Å². The van der Waals surface area contributed by atoms with Gasteiger partial charge in [0.25, 0.3) is 0 Å². The molecule has 3 aromatic rings. The third kappa shape index (κ3) is 4.42. The highest BCUT2D eigenvalue weighted by molar-refractivity contribution is 6.05. The Morgan fingerprint density at radius 3 is 2.30 bits per heavy atom. The molecule has 0 radical (unpaired) electrons. The van der Waals surface area contributed by atoms with E-state index in [-0.39, 0.29) is 11.8 Å². The van der Waals surface area contributed by atoms with Crippen molar-refractivity contribution < 1.29 is 4.79 Å². The second kappa shape index (κ2) is 8.76. The number of carbonyl (C=O) groups is 1. The van der Waals surface area contributed by atoms with Gasteiger partial charge in [-0.2, -0.15) is 0 Å². The van der Waals surface area contributed by atoms with E-state index < -0.39 is 5.41 Å². The van der Waals surface area contributed by atoms with Gasteiger partial charge in [-0.3, -0.25) is 14.7 Å². The van der Waals surface area contributed by atoms with Crippen LogP contribution in [0.4, 0.5) is 0 Å². The summed E-state index contributed by atoms with van der Waals surface area (Å²) in [5, 5.41) is 0. The zero-order chi connectivity index (χ0) is 21.0. The molecule has 1 fully saturated rings. The van der Waals surface area contributed by atoms with Crippen molar-refractivity contribution in [1.29, 1.82) is 0 Å². The number of aromatic nitrogens is 1. The van der Waals surface area contributed by atoms with Crippen LogP contribution in [0.15, 0.2) is 90.6 Å². The van der Waals surface area contributed by atoms with E-state index in [1.54, 1.807) is 6.20 Å². The van der Waals surface area contributed by atoms with Gasteiger partial charge >= 0.3 is 0 Å². The van der Waals surface area contributed by atoms with Crippen molar-refractivity contribution in [1.82, 2.24) is 9.88 Å². The molecule has 1 unspecified atom stereocenters. The van der Waals surface area contributed by atoms with Crippen molar-refractivity contribution in [3.63, 3.8) is 0 Å².